The zero-order chi connectivity index (χ0) is 7.95. The highest BCUT2D eigenvalue weighted by Crippen LogP contribution is 2.62. The summed E-state index contributed by atoms with van der Waals surface area (Å²) in [6.45, 7) is 0.312. The normalized spacial score (nSPS) is 49.5. The molecule has 0 radical (unpaired) electrons. The Labute approximate surface area is 67.4 Å². The van der Waals surface area contributed by atoms with E-state index >= 15 is 0 Å². The molecule has 64 valence electrons. The first-order valence-corrected chi connectivity index (χ1v) is 6.62. The summed E-state index contributed by atoms with van der Waals surface area (Å²) in [4.78, 5) is 0. The molecule has 0 aromatic rings. The van der Waals surface area contributed by atoms with Crippen molar-refractivity contribution in [3.63, 3.8) is 0 Å². The maximum atomic E-state index is 11.8. The molecule has 1 N–H and O–H groups in total. The number of fused-ring (bicyclic) bond motifs is 3. The molecule has 3 heterocycles. The Hall–Kier alpha value is 0.190. The van der Waals surface area contributed by atoms with E-state index in [-0.39, 0.29) is 5.41 Å². The molecule has 3 fully saturated rings. The predicted octanol–water partition coefficient (Wildman–Crippen LogP) is 1.53. The van der Waals surface area contributed by atoms with E-state index in [0.717, 1.165) is 37.7 Å². The molecule has 3 aliphatic rings. The maximum Gasteiger partial charge on any atom is 0.0878 e. The smallest absolute Gasteiger partial charge is 0.0878 e. The number of aliphatic hydroxyl groups excluding tert-OH is 1. The molecule has 0 unspecified atom stereocenters. The molecule has 2 nitrogen and oxygen atoms in total. The molecule has 3 heteroatoms. The van der Waals surface area contributed by atoms with E-state index in [1.54, 1.807) is 0 Å². The third-order valence-electron chi connectivity index (χ3n) is 3.48. The Morgan fingerprint density at radius 2 is 1.64 bits per heavy atom. The summed E-state index contributed by atoms with van der Waals surface area (Å²) in [5.74, 6) is 0. The standard InChI is InChI=1S/C8H15O2P/c9-7-8-1-4-11(10,5-2-8)6-3-8/h9H,1-7H2. The van der Waals surface area contributed by atoms with Gasteiger partial charge in [0, 0.05) is 25.1 Å². The quantitative estimate of drug-likeness (QED) is 0.612. The fraction of sp³-hybridized carbons (Fsp3) is 1.00. The van der Waals surface area contributed by atoms with Gasteiger partial charge in [-0.25, -0.2) is 0 Å². The van der Waals surface area contributed by atoms with Crippen molar-refractivity contribution in [3.8, 4) is 0 Å². The van der Waals surface area contributed by atoms with Crippen LogP contribution >= 0.6 is 7.14 Å². The van der Waals surface area contributed by atoms with Crippen LogP contribution < -0.4 is 0 Å². The van der Waals surface area contributed by atoms with Gasteiger partial charge in [-0.3, -0.25) is 0 Å². The summed E-state index contributed by atoms with van der Waals surface area (Å²) in [7, 11) is -1.70. The number of hydrogen-bond donors (Lipinski definition) is 1. The molecule has 0 spiro atoms. The molecule has 0 amide bonds. The molecular formula is C8H15O2P. The van der Waals surface area contributed by atoms with Gasteiger partial charge in [-0.1, -0.05) is 0 Å². The number of aliphatic hydroxyl groups is 1. The Morgan fingerprint density at radius 1 is 1.18 bits per heavy atom. The monoisotopic (exact) mass is 174 g/mol. The number of rotatable bonds is 1. The molecule has 3 saturated heterocycles. The van der Waals surface area contributed by atoms with E-state index in [1.807, 2.05) is 0 Å². The lowest BCUT2D eigenvalue weighted by Gasteiger charge is -2.45. The lowest BCUT2D eigenvalue weighted by atomic mass is 9.80. The van der Waals surface area contributed by atoms with Gasteiger partial charge < -0.3 is 9.67 Å². The fourth-order valence-electron chi connectivity index (χ4n) is 2.27. The van der Waals surface area contributed by atoms with Crippen molar-refractivity contribution in [2.24, 2.45) is 5.41 Å². The molecule has 0 aromatic heterocycles. The van der Waals surface area contributed by atoms with Crippen LogP contribution in [0.4, 0.5) is 0 Å². The minimum atomic E-state index is -1.70. The Balaban J connectivity index is 2.18. The molecule has 0 aromatic carbocycles. The minimum Gasteiger partial charge on any atom is -0.396 e. The van der Waals surface area contributed by atoms with Gasteiger partial charge in [0.05, 0.1) is 7.14 Å². The van der Waals surface area contributed by atoms with Crippen LogP contribution in [0.15, 0.2) is 0 Å². The molecule has 0 aliphatic carbocycles. The maximum absolute atomic E-state index is 11.8. The first-order valence-electron chi connectivity index (χ1n) is 4.36. The van der Waals surface area contributed by atoms with E-state index in [9.17, 15) is 4.57 Å². The SMILES string of the molecule is O=P12CCC(CO)(CC1)CC2. The van der Waals surface area contributed by atoms with E-state index in [2.05, 4.69) is 0 Å². The fourth-order valence-corrected chi connectivity index (χ4v) is 5.59. The predicted molar refractivity (Wildman–Crippen MR) is 45.6 cm³/mol. The van der Waals surface area contributed by atoms with Gasteiger partial charge in [-0.05, 0) is 24.7 Å². The van der Waals surface area contributed by atoms with Gasteiger partial charge in [-0.15, -0.1) is 0 Å². The van der Waals surface area contributed by atoms with Crippen LogP contribution in [0.25, 0.3) is 0 Å². The van der Waals surface area contributed by atoms with Crippen LogP contribution in [-0.2, 0) is 4.57 Å². The van der Waals surface area contributed by atoms with E-state index < -0.39 is 7.14 Å². The first kappa shape index (κ1) is 7.82. The second-order valence-corrected chi connectivity index (χ2v) is 7.59. The summed E-state index contributed by atoms with van der Waals surface area (Å²) in [5.41, 5.74) is 0.187. The van der Waals surface area contributed by atoms with Crippen LogP contribution in [-0.4, -0.2) is 30.2 Å². The topological polar surface area (TPSA) is 37.3 Å². The molecule has 11 heavy (non-hydrogen) atoms. The first-order chi connectivity index (χ1) is 5.18. The van der Waals surface area contributed by atoms with Gasteiger partial charge >= 0.3 is 0 Å². The van der Waals surface area contributed by atoms with Gasteiger partial charge in [0.15, 0.2) is 0 Å². The Bertz CT molecular complexity index is 181. The summed E-state index contributed by atoms with van der Waals surface area (Å²) in [5, 5.41) is 9.16. The van der Waals surface area contributed by atoms with Crippen molar-refractivity contribution >= 4 is 7.14 Å². The number of hydrogen-bond acceptors (Lipinski definition) is 2. The highest BCUT2D eigenvalue weighted by atomic mass is 31.2. The van der Waals surface area contributed by atoms with Gasteiger partial charge in [-0.2, -0.15) is 0 Å². The van der Waals surface area contributed by atoms with Crippen LogP contribution in [0.1, 0.15) is 19.3 Å². The third kappa shape index (κ3) is 1.17. The zero-order valence-corrected chi connectivity index (χ0v) is 7.65. The van der Waals surface area contributed by atoms with Crippen molar-refractivity contribution in [2.75, 3.05) is 25.1 Å². The van der Waals surface area contributed by atoms with Crippen LogP contribution in [0.3, 0.4) is 0 Å². The van der Waals surface area contributed by atoms with Gasteiger partial charge in [0.2, 0.25) is 0 Å². The summed E-state index contributed by atoms with van der Waals surface area (Å²) in [6.07, 6.45) is 5.77. The Morgan fingerprint density at radius 3 is 2.00 bits per heavy atom. The van der Waals surface area contributed by atoms with E-state index in [1.165, 1.54) is 0 Å². The highest BCUT2D eigenvalue weighted by molar-refractivity contribution is 7.64. The summed E-state index contributed by atoms with van der Waals surface area (Å²) >= 11 is 0. The summed E-state index contributed by atoms with van der Waals surface area (Å²) in [6, 6.07) is 0. The van der Waals surface area contributed by atoms with Crippen LogP contribution in [0.5, 0.6) is 0 Å². The van der Waals surface area contributed by atoms with Crippen molar-refractivity contribution in [3.05, 3.63) is 0 Å². The van der Waals surface area contributed by atoms with Gasteiger partial charge in [0.25, 0.3) is 0 Å². The lowest BCUT2D eigenvalue weighted by Crippen LogP contribution is -2.38. The second-order valence-electron chi connectivity index (χ2n) is 4.14. The van der Waals surface area contributed by atoms with Crippen molar-refractivity contribution < 1.29 is 9.67 Å². The zero-order valence-electron chi connectivity index (χ0n) is 6.75. The molecule has 2 bridgehead atoms. The molecule has 3 rings (SSSR count). The van der Waals surface area contributed by atoms with Crippen LogP contribution in [0, 0.1) is 5.41 Å². The van der Waals surface area contributed by atoms with Crippen molar-refractivity contribution in [1.82, 2.24) is 0 Å². The second kappa shape index (κ2) is 2.34. The molecule has 0 saturated carbocycles. The van der Waals surface area contributed by atoms with E-state index in [0.29, 0.717) is 6.61 Å². The average Bonchev–Trinajstić information content (AvgIpc) is 2.07. The van der Waals surface area contributed by atoms with E-state index in [4.69, 9.17) is 5.11 Å². The molecular weight excluding hydrogens is 159 g/mol. The van der Waals surface area contributed by atoms with Crippen LogP contribution in [0.2, 0.25) is 0 Å². The highest BCUT2D eigenvalue weighted by Gasteiger charge is 2.45. The van der Waals surface area contributed by atoms with Gasteiger partial charge in [0.1, 0.15) is 0 Å². The third-order valence-corrected chi connectivity index (χ3v) is 6.60. The lowest BCUT2D eigenvalue weighted by molar-refractivity contribution is 0.101. The van der Waals surface area contributed by atoms with Crippen molar-refractivity contribution in [1.29, 1.82) is 0 Å². The summed E-state index contributed by atoms with van der Waals surface area (Å²) < 4.78 is 11.8. The molecule has 3 aliphatic heterocycles. The molecule has 0 atom stereocenters. The minimum absolute atomic E-state index is 0.187. The Kier molecular flexibility index (Phi) is 1.66. The average molecular weight is 174 g/mol. The van der Waals surface area contributed by atoms with Crippen molar-refractivity contribution in [2.45, 2.75) is 19.3 Å². The largest absolute Gasteiger partial charge is 0.396 e.